The number of fused-ring (bicyclic) bond motifs is 1. The van der Waals surface area contributed by atoms with Crippen molar-refractivity contribution in [2.24, 2.45) is 0 Å². The third-order valence-corrected chi connectivity index (χ3v) is 7.41. The molecule has 0 saturated carbocycles. The molecule has 2 atom stereocenters. The van der Waals surface area contributed by atoms with Gasteiger partial charge in [-0.15, -0.1) is 0 Å². The van der Waals surface area contributed by atoms with Crippen molar-refractivity contribution in [3.05, 3.63) is 64.7 Å². The minimum Gasteiger partial charge on any atom is -0.306 e. The van der Waals surface area contributed by atoms with Gasteiger partial charge in [0, 0.05) is 23.3 Å². The third-order valence-electron chi connectivity index (χ3n) is 5.34. The van der Waals surface area contributed by atoms with Crippen molar-refractivity contribution in [2.75, 3.05) is 23.0 Å². The zero-order valence-electron chi connectivity index (χ0n) is 15.0. The number of hydrogen-bond acceptors (Lipinski definition) is 4. The number of nitrogens with zero attached hydrogens (tertiary/aromatic N) is 2. The summed E-state index contributed by atoms with van der Waals surface area (Å²) in [5, 5.41) is 0.628. The Labute approximate surface area is 164 Å². The Morgan fingerprint density at radius 3 is 2.41 bits per heavy atom. The van der Waals surface area contributed by atoms with Crippen LogP contribution in [0.2, 0.25) is 5.02 Å². The molecule has 2 unspecified atom stereocenters. The topological polar surface area (TPSA) is 57.7 Å². The lowest BCUT2D eigenvalue weighted by Gasteiger charge is -2.43. The molecular formula is C20H21ClN2O3S. The van der Waals surface area contributed by atoms with Gasteiger partial charge in [-0.1, -0.05) is 47.5 Å². The van der Waals surface area contributed by atoms with Crippen molar-refractivity contribution in [2.45, 2.75) is 25.6 Å². The molecule has 0 aliphatic carbocycles. The lowest BCUT2D eigenvalue weighted by Crippen LogP contribution is -2.61. The molecule has 0 N–H and O–H groups in total. The molecule has 2 aromatic carbocycles. The summed E-state index contributed by atoms with van der Waals surface area (Å²) in [6, 6.07) is 14.5. The second kappa shape index (κ2) is 6.93. The van der Waals surface area contributed by atoms with Crippen LogP contribution >= 0.6 is 11.6 Å². The molecule has 0 spiro atoms. The number of carbonyl (C=O) groups is 1. The molecular weight excluding hydrogens is 384 g/mol. The first-order chi connectivity index (χ1) is 12.8. The summed E-state index contributed by atoms with van der Waals surface area (Å²) in [6.45, 7) is 2.62. The maximum atomic E-state index is 13.0. The number of aryl methyl sites for hydroxylation is 1. The van der Waals surface area contributed by atoms with E-state index in [1.165, 1.54) is 0 Å². The van der Waals surface area contributed by atoms with Crippen LogP contribution in [0.1, 0.15) is 11.1 Å². The van der Waals surface area contributed by atoms with E-state index in [9.17, 15) is 13.2 Å². The van der Waals surface area contributed by atoms with Crippen LogP contribution in [0.3, 0.4) is 0 Å². The Balaban J connectivity index is 1.68. The van der Waals surface area contributed by atoms with Crippen molar-refractivity contribution in [3.8, 4) is 0 Å². The summed E-state index contributed by atoms with van der Waals surface area (Å²) in [5.74, 6) is -0.0158. The van der Waals surface area contributed by atoms with Gasteiger partial charge in [0.05, 0.1) is 24.1 Å². The van der Waals surface area contributed by atoms with Gasteiger partial charge in [0.25, 0.3) is 0 Å². The summed E-state index contributed by atoms with van der Waals surface area (Å²) >= 11 is 6.28. The highest BCUT2D eigenvalue weighted by atomic mass is 35.5. The van der Waals surface area contributed by atoms with Crippen LogP contribution in [0.4, 0.5) is 5.69 Å². The fraction of sp³-hybridized carbons (Fsp3) is 0.350. The molecule has 27 heavy (non-hydrogen) atoms. The van der Waals surface area contributed by atoms with Crippen molar-refractivity contribution in [3.63, 3.8) is 0 Å². The van der Waals surface area contributed by atoms with Crippen LogP contribution in [-0.4, -0.2) is 49.4 Å². The van der Waals surface area contributed by atoms with Crippen LogP contribution in [0.5, 0.6) is 0 Å². The smallest absolute Gasteiger partial charge is 0.241 e. The van der Waals surface area contributed by atoms with Gasteiger partial charge in [-0.2, -0.15) is 0 Å². The molecule has 1 amide bonds. The molecule has 2 saturated heterocycles. The molecule has 5 nitrogen and oxygen atoms in total. The number of hydrogen-bond donors (Lipinski definition) is 0. The highest BCUT2D eigenvalue weighted by Crippen LogP contribution is 2.33. The second-order valence-electron chi connectivity index (χ2n) is 7.31. The first kappa shape index (κ1) is 18.5. The predicted octanol–water partition coefficient (Wildman–Crippen LogP) is 2.66. The van der Waals surface area contributed by atoms with E-state index in [0.29, 0.717) is 11.6 Å². The maximum Gasteiger partial charge on any atom is 0.241 e. The molecule has 2 aliphatic rings. The van der Waals surface area contributed by atoms with Gasteiger partial charge in [-0.3, -0.25) is 9.69 Å². The fourth-order valence-corrected chi connectivity index (χ4v) is 6.19. The van der Waals surface area contributed by atoms with Crippen LogP contribution in [0.15, 0.2) is 48.5 Å². The highest BCUT2D eigenvalue weighted by molar-refractivity contribution is 7.91. The first-order valence-electron chi connectivity index (χ1n) is 8.91. The van der Waals surface area contributed by atoms with Crippen molar-refractivity contribution in [1.29, 1.82) is 0 Å². The molecule has 4 rings (SSSR count). The van der Waals surface area contributed by atoms with Gasteiger partial charge in [0.2, 0.25) is 5.91 Å². The van der Waals surface area contributed by atoms with Gasteiger partial charge in [-0.25, -0.2) is 8.42 Å². The van der Waals surface area contributed by atoms with E-state index >= 15 is 0 Å². The summed E-state index contributed by atoms with van der Waals surface area (Å²) in [6.07, 6.45) is 0. The summed E-state index contributed by atoms with van der Waals surface area (Å²) in [5.41, 5.74) is 2.76. The fourth-order valence-electron chi connectivity index (χ4n) is 4.02. The normalized spacial score (nSPS) is 24.8. The number of halogens is 1. The molecule has 0 aromatic heterocycles. The van der Waals surface area contributed by atoms with E-state index < -0.39 is 9.84 Å². The molecule has 0 radical (unpaired) electrons. The van der Waals surface area contributed by atoms with E-state index in [1.54, 1.807) is 4.90 Å². The zero-order valence-corrected chi connectivity index (χ0v) is 16.6. The predicted molar refractivity (Wildman–Crippen MR) is 107 cm³/mol. The Morgan fingerprint density at radius 1 is 1.04 bits per heavy atom. The van der Waals surface area contributed by atoms with Crippen LogP contribution < -0.4 is 4.90 Å². The SMILES string of the molecule is Cc1ccc(N2C(=O)CN(Cc3ccccc3Cl)C3CS(=O)(=O)CC32)cc1. The number of sulfone groups is 1. The Kier molecular flexibility index (Phi) is 4.74. The van der Waals surface area contributed by atoms with Crippen LogP contribution in [0.25, 0.3) is 0 Å². The van der Waals surface area contributed by atoms with Gasteiger partial charge >= 0.3 is 0 Å². The first-order valence-corrected chi connectivity index (χ1v) is 11.1. The monoisotopic (exact) mass is 404 g/mol. The van der Waals surface area contributed by atoms with Gasteiger partial charge in [0.15, 0.2) is 9.84 Å². The Bertz CT molecular complexity index is 975. The average molecular weight is 405 g/mol. The van der Waals surface area contributed by atoms with Crippen molar-refractivity contribution in [1.82, 2.24) is 4.90 Å². The average Bonchev–Trinajstić information content (AvgIpc) is 2.93. The van der Waals surface area contributed by atoms with Crippen molar-refractivity contribution < 1.29 is 13.2 Å². The second-order valence-corrected chi connectivity index (χ2v) is 9.87. The minimum atomic E-state index is -3.21. The summed E-state index contributed by atoms with van der Waals surface area (Å²) < 4.78 is 24.8. The lowest BCUT2D eigenvalue weighted by atomic mass is 10.0. The number of carbonyl (C=O) groups excluding carboxylic acids is 1. The molecule has 2 aliphatic heterocycles. The molecule has 0 bridgehead atoms. The van der Waals surface area contributed by atoms with Crippen LogP contribution in [-0.2, 0) is 21.2 Å². The van der Waals surface area contributed by atoms with Gasteiger partial charge in [0.1, 0.15) is 0 Å². The number of benzene rings is 2. The van der Waals surface area contributed by atoms with Gasteiger partial charge in [-0.05, 0) is 30.7 Å². The highest BCUT2D eigenvalue weighted by Gasteiger charge is 2.49. The maximum absolute atomic E-state index is 13.0. The zero-order chi connectivity index (χ0) is 19.2. The number of rotatable bonds is 3. The largest absolute Gasteiger partial charge is 0.306 e. The molecule has 2 heterocycles. The molecule has 2 fully saturated rings. The Morgan fingerprint density at radius 2 is 1.70 bits per heavy atom. The third kappa shape index (κ3) is 3.61. The van der Waals surface area contributed by atoms with Crippen LogP contribution in [0, 0.1) is 6.92 Å². The Hall–Kier alpha value is -1.89. The standard InChI is InChI=1S/C20H21ClN2O3S/c1-14-6-8-16(9-7-14)23-19-13-27(25,26)12-18(19)22(11-20(23)24)10-15-4-2-3-5-17(15)21/h2-9,18-19H,10-13H2,1H3. The number of amides is 1. The summed E-state index contributed by atoms with van der Waals surface area (Å²) in [4.78, 5) is 16.6. The number of anilines is 1. The van der Waals surface area contributed by atoms with E-state index in [-0.39, 0.29) is 36.0 Å². The molecule has 2 aromatic rings. The van der Waals surface area contributed by atoms with E-state index in [2.05, 4.69) is 0 Å². The summed E-state index contributed by atoms with van der Waals surface area (Å²) in [7, 11) is -3.21. The molecule has 7 heteroatoms. The number of piperazine rings is 1. The van der Waals surface area contributed by atoms with E-state index in [4.69, 9.17) is 11.6 Å². The quantitative estimate of drug-likeness (QED) is 0.789. The van der Waals surface area contributed by atoms with E-state index in [1.807, 2.05) is 60.4 Å². The minimum absolute atomic E-state index is 0.00367. The molecule has 142 valence electrons. The lowest BCUT2D eigenvalue weighted by molar-refractivity contribution is -0.123. The van der Waals surface area contributed by atoms with Gasteiger partial charge < -0.3 is 4.90 Å². The van der Waals surface area contributed by atoms with Crippen molar-refractivity contribution >= 4 is 33.0 Å². The van der Waals surface area contributed by atoms with E-state index in [0.717, 1.165) is 16.8 Å².